The molecule has 0 heterocycles. The van der Waals surface area contributed by atoms with E-state index in [-0.39, 0.29) is 0 Å². The molecule has 0 N–H and O–H groups in total. The smallest absolute Gasteiger partial charge is 0.349 e. The summed E-state index contributed by atoms with van der Waals surface area (Å²) in [6.07, 6.45) is 0. The van der Waals surface area contributed by atoms with Gasteiger partial charge in [-0.2, -0.15) is 0 Å². The van der Waals surface area contributed by atoms with Crippen molar-refractivity contribution in [3.8, 4) is 11.5 Å². The lowest BCUT2D eigenvalue weighted by molar-refractivity contribution is 0.381. The summed E-state index contributed by atoms with van der Waals surface area (Å²) in [5, 5.41) is 4.10. The molecule has 316 valence electrons. The fourth-order valence-electron chi connectivity index (χ4n) is 8.21. The molecule has 8 aromatic rings. The van der Waals surface area contributed by atoms with Gasteiger partial charge in [0.15, 0.2) is 7.14 Å². The minimum absolute atomic E-state index is 0.468. The van der Waals surface area contributed by atoms with E-state index in [9.17, 15) is 9.13 Å². The second-order valence-electron chi connectivity index (χ2n) is 15.4. The van der Waals surface area contributed by atoms with Gasteiger partial charge in [-0.15, -0.1) is 0 Å². The Hall–Kier alpha value is -5.99. The largest absolute Gasteiger partial charge is 0.437 e. The SMILES string of the molecule is CCN(CC)P(=O)(Oc1ccc(C(C)(c2ccc(OP(=O)(c3ccccc3)c3ccccc3)cc2)c2ccc(P(=O)(c3ccccc3)c3ccccc3)cc2)cc1)c1ccccc1. The van der Waals surface area contributed by atoms with Crippen LogP contribution < -0.4 is 40.9 Å². The van der Waals surface area contributed by atoms with Crippen molar-refractivity contribution in [1.82, 2.24) is 4.67 Å². The van der Waals surface area contributed by atoms with E-state index in [1.54, 1.807) is 0 Å². The van der Waals surface area contributed by atoms with Crippen molar-refractivity contribution >= 4 is 53.9 Å². The second-order valence-corrected chi connectivity index (χ2v) is 22.8. The quantitative estimate of drug-likeness (QED) is 0.0711. The van der Waals surface area contributed by atoms with Crippen molar-refractivity contribution in [3.05, 3.63) is 241 Å². The summed E-state index contributed by atoms with van der Waals surface area (Å²) < 4.78 is 59.8. The molecule has 9 heteroatoms. The van der Waals surface area contributed by atoms with Crippen LogP contribution in [0.3, 0.4) is 0 Å². The average Bonchev–Trinajstić information content (AvgIpc) is 3.35. The third kappa shape index (κ3) is 8.58. The third-order valence-electron chi connectivity index (χ3n) is 11.8. The van der Waals surface area contributed by atoms with Gasteiger partial charge >= 0.3 is 14.9 Å². The fourth-order valence-corrected chi connectivity index (χ4v) is 15.2. The first-order valence-electron chi connectivity index (χ1n) is 21.2. The highest BCUT2D eigenvalue weighted by molar-refractivity contribution is 7.85. The van der Waals surface area contributed by atoms with E-state index in [0.717, 1.165) is 32.6 Å². The molecule has 0 spiro atoms. The molecule has 0 radical (unpaired) electrons. The number of nitrogens with zero attached hydrogens (tertiary/aromatic N) is 1. The highest BCUT2D eigenvalue weighted by Gasteiger charge is 2.37. The van der Waals surface area contributed by atoms with Crippen LogP contribution in [0.15, 0.2) is 224 Å². The zero-order chi connectivity index (χ0) is 43.9. The summed E-state index contributed by atoms with van der Waals surface area (Å²) in [7, 11) is -10.2. The van der Waals surface area contributed by atoms with Crippen molar-refractivity contribution in [2.45, 2.75) is 26.2 Å². The first-order valence-corrected chi connectivity index (χ1v) is 26.1. The van der Waals surface area contributed by atoms with Crippen LogP contribution in [0.25, 0.3) is 0 Å². The highest BCUT2D eigenvalue weighted by atomic mass is 31.2. The summed E-state index contributed by atoms with van der Waals surface area (Å²) in [6, 6.07) is 71.0. The molecule has 0 aromatic heterocycles. The van der Waals surface area contributed by atoms with Crippen molar-refractivity contribution in [2.75, 3.05) is 13.1 Å². The summed E-state index contributed by atoms with van der Waals surface area (Å²) in [6.45, 7) is 7.24. The van der Waals surface area contributed by atoms with Crippen molar-refractivity contribution < 1.29 is 22.7 Å². The van der Waals surface area contributed by atoms with Gasteiger partial charge in [0.1, 0.15) is 11.5 Å². The van der Waals surface area contributed by atoms with E-state index in [1.807, 2.05) is 231 Å². The van der Waals surface area contributed by atoms with Crippen LogP contribution in [0.4, 0.5) is 0 Å². The van der Waals surface area contributed by atoms with Crippen molar-refractivity contribution in [2.24, 2.45) is 0 Å². The third-order valence-corrected chi connectivity index (χ3v) is 20.0. The highest BCUT2D eigenvalue weighted by Crippen LogP contribution is 2.51. The average molecular weight is 886 g/mol. The Kier molecular flexibility index (Phi) is 13.0. The van der Waals surface area contributed by atoms with E-state index in [1.165, 1.54) is 0 Å². The topological polar surface area (TPSA) is 72.9 Å². The van der Waals surface area contributed by atoms with Gasteiger partial charge in [-0.25, -0.2) is 4.67 Å². The number of benzene rings is 8. The second kappa shape index (κ2) is 18.8. The van der Waals surface area contributed by atoms with Gasteiger partial charge in [0, 0.05) is 34.4 Å². The molecule has 63 heavy (non-hydrogen) atoms. The molecule has 0 saturated carbocycles. The van der Waals surface area contributed by atoms with Crippen LogP contribution in [-0.4, -0.2) is 17.8 Å². The minimum Gasteiger partial charge on any atom is -0.437 e. The van der Waals surface area contributed by atoms with Gasteiger partial charge in [-0.1, -0.05) is 178 Å². The van der Waals surface area contributed by atoms with Crippen LogP contribution in [0.2, 0.25) is 0 Å². The predicted octanol–water partition coefficient (Wildman–Crippen LogP) is 11.2. The molecule has 2 unspecified atom stereocenters. The van der Waals surface area contributed by atoms with E-state index < -0.39 is 27.4 Å². The molecule has 8 rings (SSSR count). The van der Waals surface area contributed by atoms with Gasteiger partial charge in [0.2, 0.25) is 0 Å². The lowest BCUT2D eigenvalue weighted by Crippen LogP contribution is -2.29. The lowest BCUT2D eigenvalue weighted by atomic mass is 9.71. The van der Waals surface area contributed by atoms with Crippen LogP contribution in [-0.2, 0) is 19.1 Å². The Morgan fingerprint density at radius 2 is 0.683 bits per heavy atom. The van der Waals surface area contributed by atoms with Gasteiger partial charge in [-0.05, 0) is 84.3 Å². The van der Waals surface area contributed by atoms with Crippen LogP contribution >= 0.6 is 22.0 Å². The molecule has 0 aliphatic heterocycles. The molecule has 0 aliphatic carbocycles. The monoisotopic (exact) mass is 885 g/mol. The lowest BCUT2D eigenvalue weighted by Gasteiger charge is -2.33. The zero-order valence-corrected chi connectivity index (χ0v) is 38.3. The van der Waals surface area contributed by atoms with Crippen LogP contribution in [0.1, 0.15) is 37.5 Å². The maximum absolute atomic E-state index is 15.3. The molecule has 6 nitrogen and oxygen atoms in total. The Balaban J connectivity index is 1.21. The molecule has 0 amide bonds. The zero-order valence-electron chi connectivity index (χ0n) is 35.6. The Morgan fingerprint density at radius 3 is 1.05 bits per heavy atom. The molecule has 0 fully saturated rings. The molecular formula is C54H50NO5P3. The number of rotatable bonds is 16. The first-order chi connectivity index (χ1) is 30.6. The van der Waals surface area contributed by atoms with Gasteiger partial charge in [0.05, 0.1) is 15.9 Å². The van der Waals surface area contributed by atoms with E-state index in [2.05, 4.69) is 19.1 Å². The first kappa shape index (κ1) is 43.7. The van der Waals surface area contributed by atoms with Gasteiger partial charge in [-0.3, -0.25) is 9.13 Å². The Morgan fingerprint density at radius 1 is 0.381 bits per heavy atom. The molecule has 0 aliphatic rings. The predicted molar refractivity (Wildman–Crippen MR) is 262 cm³/mol. The molecule has 0 saturated heterocycles. The van der Waals surface area contributed by atoms with Crippen molar-refractivity contribution in [3.63, 3.8) is 0 Å². The normalized spacial score (nSPS) is 13.7. The number of hydrogen-bond donors (Lipinski definition) is 0. The van der Waals surface area contributed by atoms with Gasteiger partial charge < -0.3 is 13.6 Å². The Labute approximate surface area is 371 Å². The van der Waals surface area contributed by atoms with Crippen LogP contribution in [0.5, 0.6) is 11.5 Å². The summed E-state index contributed by atoms with van der Waals surface area (Å²) >= 11 is 0. The van der Waals surface area contributed by atoms with Gasteiger partial charge in [0.25, 0.3) is 0 Å². The van der Waals surface area contributed by atoms with E-state index in [0.29, 0.717) is 40.5 Å². The van der Waals surface area contributed by atoms with E-state index in [4.69, 9.17) is 9.05 Å². The number of hydrogen-bond acceptors (Lipinski definition) is 5. The molecule has 0 bridgehead atoms. The maximum atomic E-state index is 15.3. The molecule has 2 atom stereocenters. The summed E-state index contributed by atoms with van der Waals surface area (Å²) in [5.41, 5.74) is 2.09. The van der Waals surface area contributed by atoms with E-state index >= 15 is 4.57 Å². The minimum atomic E-state index is -3.51. The maximum Gasteiger partial charge on any atom is 0.349 e. The van der Waals surface area contributed by atoms with Crippen LogP contribution in [0, 0.1) is 0 Å². The fraction of sp³-hybridized carbons (Fsp3) is 0.111. The molecule has 8 aromatic carbocycles. The molecular weight excluding hydrogens is 836 g/mol. The Bertz CT molecular complexity index is 2790. The van der Waals surface area contributed by atoms with Crippen molar-refractivity contribution in [1.29, 1.82) is 0 Å². The summed E-state index contributed by atoms with van der Waals surface area (Å²) in [5.74, 6) is 0.958. The standard InChI is InChI=1S/C54H50NO5P3/c1-4-55(5-2)63(58,53-29-19-10-20-30-53)60-47-39-33-44(34-40-47)54(3,45-35-41-50(42-36-45)61(56,48-21-11-6-12-22-48)49-23-13-7-14-24-49)43-31-37-46(38-32-43)59-62(57,51-25-15-8-16-26-51)52-27-17-9-18-28-52/h6-42H,4-5H2,1-3H3. The summed E-state index contributed by atoms with van der Waals surface area (Å²) in [4.78, 5) is 0.